The maximum atomic E-state index is 11.7. The largest absolute Gasteiger partial charge is 0.480 e. The standard InChI is InChI=1S/C11H18N2O6/c1-19-9(15)3-2-8(10(16)17)12-11(18)13-5-4-7(14)6-13/h7-8,14H,2-6H2,1H3,(H,12,18)(H,16,17)/t7?,8-/m1/s1. The Bertz CT molecular complexity index is 359. The Morgan fingerprint density at radius 3 is 2.63 bits per heavy atom. The molecule has 0 aromatic carbocycles. The van der Waals surface area contributed by atoms with Crippen LogP contribution in [-0.4, -0.2) is 65.4 Å². The fourth-order valence-electron chi connectivity index (χ4n) is 1.79. The molecule has 3 N–H and O–H groups in total. The molecular weight excluding hydrogens is 256 g/mol. The van der Waals surface area contributed by atoms with Gasteiger partial charge in [-0.2, -0.15) is 0 Å². The first-order valence-electron chi connectivity index (χ1n) is 5.97. The molecule has 2 atom stereocenters. The van der Waals surface area contributed by atoms with Gasteiger partial charge in [-0.25, -0.2) is 9.59 Å². The van der Waals surface area contributed by atoms with E-state index in [2.05, 4.69) is 10.1 Å². The lowest BCUT2D eigenvalue weighted by Crippen LogP contribution is -2.47. The number of carboxylic acid groups (broad SMARTS) is 1. The van der Waals surface area contributed by atoms with Crippen molar-refractivity contribution in [3.8, 4) is 0 Å². The third-order valence-corrected chi connectivity index (χ3v) is 2.91. The lowest BCUT2D eigenvalue weighted by atomic mass is 10.1. The van der Waals surface area contributed by atoms with E-state index in [0.717, 1.165) is 0 Å². The van der Waals surface area contributed by atoms with E-state index in [0.29, 0.717) is 13.0 Å². The number of hydrogen-bond donors (Lipinski definition) is 3. The van der Waals surface area contributed by atoms with Crippen LogP contribution in [0.4, 0.5) is 4.79 Å². The molecule has 0 aliphatic carbocycles. The van der Waals surface area contributed by atoms with Crippen LogP contribution in [0.2, 0.25) is 0 Å². The normalized spacial score (nSPS) is 19.9. The topological polar surface area (TPSA) is 116 Å². The van der Waals surface area contributed by atoms with Gasteiger partial charge in [-0.05, 0) is 12.8 Å². The number of rotatable bonds is 5. The van der Waals surface area contributed by atoms with Crippen LogP contribution in [0.25, 0.3) is 0 Å². The Morgan fingerprint density at radius 1 is 1.47 bits per heavy atom. The van der Waals surface area contributed by atoms with Crippen LogP contribution >= 0.6 is 0 Å². The maximum Gasteiger partial charge on any atom is 0.326 e. The molecule has 0 aromatic rings. The molecule has 1 aliphatic heterocycles. The highest BCUT2D eigenvalue weighted by Crippen LogP contribution is 2.09. The summed E-state index contributed by atoms with van der Waals surface area (Å²) in [7, 11) is 1.21. The second kappa shape index (κ2) is 6.93. The number of aliphatic hydroxyl groups is 1. The number of aliphatic carboxylic acids is 1. The molecule has 0 aromatic heterocycles. The summed E-state index contributed by atoms with van der Waals surface area (Å²) >= 11 is 0. The van der Waals surface area contributed by atoms with Gasteiger partial charge in [-0.15, -0.1) is 0 Å². The Morgan fingerprint density at radius 2 is 2.16 bits per heavy atom. The van der Waals surface area contributed by atoms with Crippen molar-refractivity contribution in [2.75, 3.05) is 20.2 Å². The maximum absolute atomic E-state index is 11.7. The van der Waals surface area contributed by atoms with E-state index < -0.39 is 30.1 Å². The first-order valence-corrected chi connectivity index (χ1v) is 5.97. The van der Waals surface area contributed by atoms with Gasteiger partial charge in [0.15, 0.2) is 0 Å². The Hall–Kier alpha value is -1.83. The zero-order valence-electron chi connectivity index (χ0n) is 10.7. The van der Waals surface area contributed by atoms with E-state index in [-0.39, 0.29) is 19.4 Å². The number of carboxylic acids is 1. The molecule has 0 bridgehead atoms. The summed E-state index contributed by atoms with van der Waals surface area (Å²) in [6.45, 7) is 0.575. The minimum atomic E-state index is -1.21. The van der Waals surface area contributed by atoms with Crippen LogP contribution in [0.3, 0.4) is 0 Å². The lowest BCUT2D eigenvalue weighted by molar-refractivity contribution is -0.142. The number of nitrogens with zero attached hydrogens (tertiary/aromatic N) is 1. The van der Waals surface area contributed by atoms with E-state index in [1.807, 2.05) is 0 Å². The van der Waals surface area contributed by atoms with Crippen molar-refractivity contribution in [1.29, 1.82) is 0 Å². The van der Waals surface area contributed by atoms with Crippen LogP contribution in [0.5, 0.6) is 0 Å². The lowest BCUT2D eigenvalue weighted by Gasteiger charge is -2.20. The molecule has 0 spiro atoms. The van der Waals surface area contributed by atoms with Gasteiger partial charge in [0.25, 0.3) is 0 Å². The Labute approximate surface area is 110 Å². The summed E-state index contributed by atoms with van der Waals surface area (Å²) in [6, 6.07) is -1.70. The highest BCUT2D eigenvalue weighted by atomic mass is 16.5. The highest BCUT2D eigenvalue weighted by molar-refractivity contribution is 5.83. The third kappa shape index (κ3) is 4.74. The SMILES string of the molecule is COC(=O)CC[C@@H](NC(=O)N1CCC(O)C1)C(=O)O. The highest BCUT2D eigenvalue weighted by Gasteiger charge is 2.28. The molecule has 1 unspecified atom stereocenters. The van der Waals surface area contributed by atoms with Crippen LogP contribution in [0, 0.1) is 0 Å². The molecule has 1 heterocycles. The van der Waals surface area contributed by atoms with E-state index in [1.165, 1.54) is 12.0 Å². The fraction of sp³-hybridized carbons (Fsp3) is 0.727. The van der Waals surface area contributed by atoms with Gasteiger partial charge in [0.05, 0.1) is 13.2 Å². The van der Waals surface area contributed by atoms with Gasteiger partial charge >= 0.3 is 18.0 Å². The molecule has 1 rings (SSSR count). The second-order valence-electron chi connectivity index (χ2n) is 4.34. The molecule has 1 aliphatic rings. The first-order chi connectivity index (χ1) is 8.93. The molecule has 2 amide bonds. The van der Waals surface area contributed by atoms with Crippen molar-refractivity contribution in [2.45, 2.75) is 31.4 Å². The van der Waals surface area contributed by atoms with Crippen LogP contribution in [0.1, 0.15) is 19.3 Å². The van der Waals surface area contributed by atoms with Crippen molar-refractivity contribution in [3.05, 3.63) is 0 Å². The predicted molar refractivity (Wildman–Crippen MR) is 63.4 cm³/mol. The van der Waals surface area contributed by atoms with Crippen molar-refractivity contribution in [3.63, 3.8) is 0 Å². The van der Waals surface area contributed by atoms with E-state index in [1.54, 1.807) is 0 Å². The number of β-amino-alcohol motifs (C(OH)–C–C–N with tert-alkyl or cyclic N) is 1. The summed E-state index contributed by atoms with van der Waals surface area (Å²) in [6.07, 6.45) is -0.211. The van der Waals surface area contributed by atoms with E-state index >= 15 is 0 Å². The Balaban J connectivity index is 2.46. The van der Waals surface area contributed by atoms with E-state index in [4.69, 9.17) is 5.11 Å². The predicted octanol–water partition coefficient (Wildman–Crippen LogP) is -0.831. The number of amides is 2. The minimum Gasteiger partial charge on any atom is -0.480 e. The number of ether oxygens (including phenoxy) is 1. The minimum absolute atomic E-state index is 0.0376. The number of carbonyl (C=O) groups is 3. The number of hydrogen-bond acceptors (Lipinski definition) is 5. The number of likely N-dealkylation sites (tertiary alicyclic amines) is 1. The zero-order valence-corrected chi connectivity index (χ0v) is 10.7. The summed E-state index contributed by atoms with van der Waals surface area (Å²) in [5.74, 6) is -1.74. The monoisotopic (exact) mass is 274 g/mol. The van der Waals surface area contributed by atoms with Crippen LogP contribution in [0.15, 0.2) is 0 Å². The van der Waals surface area contributed by atoms with Gasteiger partial charge in [-0.3, -0.25) is 4.79 Å². The summed E-state index contributed by atoms with van der Waals surface area (Å²) in [5.41, 5.74) is 0. The number of nitrogens with one attached hydrogen (secondary N) is 1. The smallest absolute Gasteiger partial charge is 0.326 e. The van der Waals surface area contributed by atoms with Gasteiger partial charge in [0.1, 0.15) is 6.04 Å². The number of methoxy groups -OCH3 is 1. The first kappa shape index (κ1) is 15.2. The van der Waals surface area contributed by atoms with Crippen molar-refractivity contribution in [1.82, 2.24) is 10.2 Å². The van der Waals surface area contributed by atoms with Gasteiger partial charge < -0.3 is 25.2 Å². The number of esters is 1. The quantitative estimate of drug-likeness (QED) is 0.563. The number of urea groups is 1. The average Bonchev–Trinajstić information content (AvgIpc) is 2.80. The molecule has 1 fully saturated rings. The summed E-state index contributed by atoms with van der Waals surface area (Å²) in [4.78, 5) is 35.0. The fourth-order valence-corrected chi connectivity index (χ4v) is 1.79. The molecule has 19 heavy (non-hydrogen) atoms. The third-order valence-electron chi connectivity index (χ3n) is 2.91. The Kier molecular flexibility index (Phi) is 5.56. The summed E-state index contributed by atoms with van der Waals surface area (Å²) < 4.78 is 4.41. The molecule has 8 heteroatoms. The van der Waals surface area contributed by atoms with Crippen LogP contribution < -0.4 is 5.32 Å². The van der Waals surface area contributed by atoms with Gasteiger partial charge in [0.2, 0.25) is 0 Å². The molecule has 8 nitrogen and oxygen atoms in total. The molecule has 108 valence electrons. The van der Waals surface area contributed by atoms with Crippen molar-refractivity contribution < 1.29 is 29.3 Å². The molecule has 0 radical (unpaired) electrons. The van der Waals surface area contributed by atoms with E-state index in [9.17, 15) is 19.5 Å². The summed E-state index contributed by atoms with van der Waals surface area (Å²) in [5, 5.41) is 20.6. The number of carbonyl (C=O) groups excluding carboxylic acids is 2. The number of aliphatic hydroxyl groups excluding tert-OH is 1. The van der Waals surface area contributed by atoms with Gasteiger partial charge in [0, 0.05) is 19.5 Å². The van der Waals surface area contributed by atoms with Gasteiger partial charge in [-0.1, -0.05) is 0 Å². The van der Waals surface area contributed by atoms with Crippen molar-refractivity contribution >= 4 is 18.0 Å². The van der Waals surface area contributed by atoms with Crippen molar-refractivity contribution in [2.24, 2.45) is 0 Å². The second-order valence-corrected chi connectivity index (χ2v) is 4.34. The molecule has 1 saturated heterocycles. The van der Waals surface area contributed by atoms with Crippen LogP contribution in [-0.2, 0) is 14.3 Å². The molecular formula is C11H18N2O6. The zero-order chi connectivity index (χ0) is 14.4. The molecule has 0 saturated carbocycles. The average molecular weight is 274 g/mol.